The summed E-state index contributed by atoms with van der Waals surface area (Å²) in [6, 6.07) is 10.2. The van der Waals surface area contributed by atoms with E-state index in [1.807, 2.05) is 0 Å². The van der Waals surface area contributed by atoms with Gasteiger partial charge in [0.15, 0.2) is 0 Å². The first kappa shape index (κ1) is 22.6. The summed E-state index contributed by atoms with van der Waals surface area (Å²) in [5, 5.41) is 11.7. The van der Waals surface area contributed by atoms with Gasteiger partial charge in [-0.2, -0.15) is 13.2 Å². The Morgan fingerprint density at radius 3 is 2.44 bits per heavy atom. The number of hydrogen-bond donors (Lipinski definition) is 3. The molecule has 7 nitrogen and oxygen atoms in total. The summed E-state index contributed by atoms with van der Waals surface area (Å²) in [6.45, 7) is 1.50. The Morgan fingerprint density at radius 1 is 1.06 bits per heavy atom. The number of nitrogens with one attached hydrogen (secondary N) is 1. The zero-order valence-corrected chi connectivity index (χ0v) is 16.7. The molecular weight excluding hydrogens is 427 g/mol. The molecule has 1 atom stereocenters. The number of nitrogen functional groups attached to an aromatic ring is 1. The van der Waals surface area contributed by atoms with Crippen molar-refractivity contribution < 1.29 is 27.9 Å². The third-order valence-electron chi connectivity index (χ3n) is 4.70. The van der Waals surface area contributed by atoms with Gasteiger partial charge in [-0.15, -0.1) is 0 Å². The van der Waals surface area contributed by atoms with E-state index in [4.69, 9.17) is 10.8 Å². The van der Waals surface area contributed by atoms with Gasteiger partial charge in [-0.1, -0.05) is 6.07 Å². The fourth-order valence-corrected chi connectivity index (χ4v) is 3.07. The van der Waals surface area contributed by atoms with Crippen LogP contribution in [0, 0.1) is 0 Å². The number of carbonyl (C=O) groups is 2. The van der Waals surface area contributed by atoms with Crippen molar-refractivity contribution in [2.45, 2.75) is 19.1 Å². The molecule has 0 saturated heterocycles. The second-order valence-electron chi connectivity index (χ2n) is 7.06. The number of nitrogens with zero attached hydrogens (tertiary/aromatic N) is 1. The van der Waals surface area contributed by atoms with Crippen LogP contribution in [0.15, 0.2) is 65.6 Å². The Bertz CT molecular complexity index is 1250. The topological polar surface area (TPSA) is 114 Å². The van der Waals surface area contributed by atoms with Gasteiger partial charge in [0, 0.05) is 23.6 Å². The lowest BCUT2D eigenvalue weighted by atomic mass is 10.0. The van der Waals surface area contributed by atoms with Crippen LogP contribution in [0.4, 0.5) is 18.9 Å². The van der Waals surface area contributed by atoms with Gasteiger partial charge in [0.1, 0.15) is 0 Å². The highest BCUT2D eigenvalue weighted by Crippen LogP contribution is 2.32. The molecule has 0 aliphatic carbocycles. The van der Waals surface area contributed by atoms with Crippen LogP contribution in [0.3, 0.4) is 0 Å². The van der Waals surface area contributed by atoms with Crippen LogP contribution in [-0.4, -0.2) is 21.6 Å². The lowest BCUT2D eigenvalue weighted by molar-refractivity contribution is -0.137. The molecule has 32 heavy (non-hydrogen) atoms. The summed E-state index contributed by atoms with van der Waals surface area (Å²) in [7, 11) is 0. The van der Waals surface area contributed by atoms with E-state index in [1.165, 1.54) is 49.5 Å². The SMILES string of the molecule is C[C@@H](NC(=O)c1ccc(=O)n(-c2cccc(C(=O)O)c2)c1)c1cc(N)cc(C(F)(F)F)c1. The Labute approximate surface area is 179 Å². The Balaban J connectivity index is 1.89. The number of pyridine rings is 1. The number of aromatic carboxylic acids is 1. The maximum absolute atomic E-state index is 13.0. The first-order valence-corrected chi connectivity index (χ1v) is 9.30. The molecule has 3 aromatic rings. The number of alkyl halides is 3. The van der Waals surface area contributed by atoms with Gasteiger partial charge in [-0.25, -0.2) is 4.79 Å². The number of aromatic nitrogens is 1. The Morgan fingerprint density at radius 2 is 1.78 bits per heavy atom. The number of carbonyl (C=O) groups excluding carboxylic acids is 1. The highest BCUT2D eigenvalue weighted by Gasteiger charge is 2.31. The predicted octanol–water partition coefficient (Wildman–Crippen LogP) is 3.63. The number of benzene rings is 2. The maximum atomic E-state index is 13.0. The normalized spacial score (nSPS) is 12.2. The molecule has 0 spiro atoms. The van der Waals surface area contributed by atoms with Crippen molar-refractivity contribution >= 4 is 17.6 Å². The summed E-state index contributed by atoms with van der Waals surface area (Å²) >= 11 is 0. The second kappa shape index (κ2) is 8.58. The van der Waals surface area contributed by atoms with E-state index in [9.17, 15) is 27.6 Å². The summed E-state index contributed by atoms with van der Waals surface area (Å²) in [4.78, 5) is 36.1. The van der Waals surface area contributed by atoms with Crippen LogP contribution in [-0.2, 0) is 6.18 Å². The number of halogens is 3. The van der Waals surface area contributed by atoms with Crippen LogP contribution < -0.4 is 16.6 Å². The quantitative estimate of drug-likeness (QED) is 0.519. The number of carboxylic acid groups (broad SMARTS) is 1. The van der Waals surface area contributed by atoms with Crippen LogP contribution in [0.5, 0.6) is 0 Å². The van der Waals surface area contributed by atoms with Crippen molar-refractivity contribution in [1.29, 1.82) is 0 Å². The molecule has 0 saturated carbocycles. The summed E-state index contributed by atoms with van der Waals surface area (Å²) in [6.07, 6.45) is -3.36. The van der Waals surface area contributed by atoms with E-state index in [2.05, 4.69) is 5.32 Å². The lowest BCUT2D eigenvalue weighted by Crippen LogP contribution is -2.28. The molecule has 3 rings (SSSR count). The lowest BCUT2D eigenvalue weighted by Gasteiger charge is -2.17. The molecule has 1 aromatic heterocycles. The minimum atomic E-state index is -4.59. The van der Waals surface area contributed by atoms with Gasteiger partial charge in [-0.05, 0) is 55.0 Å². The third kappa shape index (κ3) is 4.97. The molecular formula is C22H18F3N3O4. The van der Waals surface area contributed by atoms with E-state index in [0.717, 1.165) is 22.8 Å². The summed E-state index contributed by atoms with van der Waals surface area (Å²) < 4.78 is 40.3. The number of hydrogen-bond acceptors (Lipinski definition) is 4. The highest BCUT2D eigenvalue weighted by atomic mass is 19.4. The molecule has 0 unspecified atom stereocenters. The standard InChI is InChI=1S/C22H18F3N3O4/c1-12(15-7-16(22(23,24)25)10-17(26)8-15)27-20(30)14-5-6-19(29)28(11-14)18-4-2-3-13(9-18)21(31)32/h2-12H,26H2,1H3,(H,27,30)(H,31,32)/t12-/m1/s1. The molecule has 0 aliphatic heterocycles. The number of carboxylic acids is 1. The Kier molecular flexibility index (Phi) is 6.06. The maximum Gasteiger partial charge on any atom is 0.416 e. The van der Waals surface area contributed by atoms with Crippen molar-refractivity contribution in [3.05, 3.63) is 93.4 Å². The second-order valence-corrected chi connectivity index (χ2v) is 7.06. The minimum absolute atomic E-state index is 0.0417. The van der Waals surface area contributed by atoms with E-state index in [-0.39, 0.29) is 28.1 Å². The number of nitrogens with two attached hydrogens (primary N) is 1. The van der Waals surface area contributed by atoms with Crippen LogP contribution in [0.2, 0.25) is 0 Å². The zero-order valence-electron chi connectivity index (χ0n) is 16.7. The molecule has 0 bridgehead atoms. The summed E-state index contributed by atoms with van der Waals surface area (Å²) in [5.41, 5.74) is 4.47. The van der Waals surface area contributed by atoms with E-state index >= 15 is 0 Å². The van der Waals surface area contributed by atoms with Crippen molar-refractivity contribution in [2.75, 3.05) is 5.73 Å². The van der Waals surface area contributed by atoms with Gasteiger partial charge in [0.2, 0.25) is 0 Å². The van der Waals surface area contributed by atoms with E-state index < -0.39 is 35.2 Å². The molecule has 1 heterocycles. The van der Waals surface area contributed by atoms with Gasteiger partial charge in [0.25, 0.3) is 11.5 Å². The van der Waals surface area contributed by atoms with Gasteiger partial charge in [0.05, 0.1) is 22.7 Å². The predicted molar refractivity (Wildman–Crippen MR) is 111 cm³/mol. The first-order valence-electron chi connectivity index (χ1n) is 9.30. The molecule has 0 radical (unpaired) electrons. The molecule has 166 valence electrons. The van der Waals surface area contributed by atoms with Gasteiger partial charge in [-0.3, -0.25) is 14.2 Å². The van der Waals surface area contributed by atoms with Crippen molar-refractivity contribution in [1.82, 2.24) is 9.88 Å². The highest BCUT2D eigenvalue weighted by molar-refractivity contribution is 5.94. The molecule has 1 amide bonds. The molecule has 10 heteroatoms. The average Bonchev–Trinajstić information content (AvgIpc) is 2.73. The van der Waals surface area contributed by atoms with Gasteiger partial charge >= 0.3 is 12.1 Å². The van der Waals surface area contributed by atoms with Crippen molar-refractivity contribution in [3.63, 3.8) is 0 Å². The molecule has 0 fully saturated rings. The minimum Gasteiger partial charge on any atom is -0.478 e. The Hall–Kier alpha value is -4.08. The van der Waals surface area contributed by atoms with E-state index in [1.54, 1.807) is 0 Å². The third-order valence-corrected chi connectivity index (χ3v) is 4.70. The monoisotopic (exact) mass is 445 g/mol. The number of amides is 1. The average molecular weight is 445 g/mol. The number of rotatable bonds is 5. The fourth-order valence-electron chi connectivity index (χ4n) is 3.07. The fraction of sp³-hybridized carbons (Fsp3) is 0.136. The van der Waals surface area contributed by atoms with Crippen LogP contribution >= 0.6 is 0 Å². The smallest absolute Gasteiger partial charge is 0.416 e. The first-order chi connectivity index (χ1) is 15.0. The zero-order chi connectivity index (χ0) is 23.6. The van der Waals surface area contributed by atoms with Crippen molar-refractivity contribution in [3.8, 4) is 5.69 Å². The molecule has 4 N–H and O–H groups in total. The molecule has 2 aromatic carbocycles. The van der Waals surface area contributed by atoms with Crippen molar-refractivity contribution in [2.24, 2.45) is 0 Å². The van der Waals surface area contributed by atoms with Crippen LogP contribution in [0.25, 0.3) is 5.69 Å². The number of anilines is 1. The molecule has 0 aliphatic rings. The summed E-state index contributed by atoms with van der Waals surface area (Å²) in [5.74, 6) is -1.82. The van der Waals surface area contributed by atoms with Crippen LogP contribution in [0.1, 0.15) is 44.8 Å². The largest absolute Gasteiger partial charge is 0.478 e. The van der Waals surface area contributed by atoms with E-state index in [0.29, 0.717) is 0 Å². The van der Waals surface area contributed by atoms with Gasteiger partial charge < -0.3 is 16.2 Å².